The van der Waals surface area contributed by atoms with Crippen molar-refractivity contribution in [2.45, 2.75) is 25.4 Å². The normalized spacial score (nSPS) is 13.2. The largest absolute Gasteiger partial charge is 0.366 e. The van der Waals surface area contributed by atoms with E-state index in [1.165, 1.54) is 6.07 Å². The van der Waals surface area contributed by atoms with E-state index in [0.29, 0.717) is 24.4 Å². The van der Waals surface area contributed by atoms with Gasteiger partial charge in [-0.05, 0) is 30.5 Å². The molecule has 136 valence electrons. The highest BCUT2D eigenvalue weighted by molar-refractivity contribution is 5.64. The number of hydrogen-bond acceptors (Lipinski definition) is 7. The van der Waals surface area contributed by atoms with Crippen LogP contribution in [0, 0.1) is 10.1 Å². The maximum Gasteiger partial charge on any atom is 0.269 e. The van der Waals surface area contributed by atoms with Gasteiger partial charge in [0.15, 0.2) is 0 Å². The van der Waals surface area contributed by atoms with Gasteiger partial charge in [0.25, 0.3) is 5.69 Å². The Morgan fingerprint density at radius 2 is 1.93 bits per heavy atom. The van der Waals surface area contributed by atoms with Crippen LogP contribution >= 0.6 is 0 Å². The van der Waals surface area contributed by atoms with Crippen LogP contribution in [-0.2, 0) is 6.54 Å². The molecule has 3 aromatic rings. The predicted octanol–water partition coefficient (Wildman–Crippen LogP) is 3.63. The number of anilines is 2. The molecule has 1 aromatic carbocycles. The number of hydrogen-bond donors (Lipinski definition) is 2. The second-order valence-electron chi connectivity index (χ2n) is 6.40. The number of non-ortho nitro benzene ring substituents is 1. The Morgan fingerprint density at radius 3 is 2.67 bits per heavy atom. The monoisotopic (exact) mass is 362 g/mol. The van der Waals surface area contributed by atoms with E-state index in [1.807, 2.05) is 24.3 Å². The zero-order valence-electron chi connectivity index (χ0n) is 14.5. The van der Waals surface area contributed by atoms with E-state index in [4.69, 9.17) is 0 Å². The summed E-state index contributed by atoms with van der Waals surface area (Å²) in [5.41, 5.74) is 2.62. The van der Waals surface area contributed by atoms with Gasteiger partial charge in [0.1, 0.15) is 5.82 Å². The van der Waals surface area contributed by atoms with Gasteiger partial charge < -0.3 is 10.6 Å². The molecule has 0 saturated heterocycles. The summed E-state index contributed by atoms with van der Waals surface area (Å²) in [4.78, 5) is 23.7. The lowest BCUT2D eigenvalue weighted by molar-refractivity contribution is -0.384. The summed E-state index contributed by atoms with van der Waals surface area (Å²) in [5.74, 6) is 1.24. The van der Waals surface area contributed by atoms with E-state index in [1.54, 1.807) is 24.5 Å². The van der Waals surface area contributed by atoms with Crippen LogP contribution in [-0.4, -0.2) is 25.9 Å². The molecule has 2 aromatic heterocycles. The zero-order valence-corrected chi connectivity index (χ0v) is 14.5. The smallest absolute Gasteiger partial charge is 0.269 e. The van der Waals surface area contributed by atoms with Gasteiger partial charge in [0, 0.05) is 48.7 Å². The Balaban J connectivity index is 1.57. The van der Waals surface area contributed by atoms with Crippen molar-refractivity contribution in [1.82, 2.24) is 15.0 Å². The topological polar surface area (TPSA) is 106 Å². The number of aromatic nitrogens is 3. The van der Waals surface area contributed by atoms with Crippen LogP contribution in [0.4, 0.5) is 17.5 Å². The molecule has 1 fully saturated rings. The second kappa shape index (κ2) is 7.36. The summed E-state index contributed by atoms with van der Waals surface area (Å²) in [5, 5.41) is 17.5. The summed E-state index contributed by atoms with van der Waals surface area (Å²) in [6.45, 7) is 0.428. The molecule has 0 spiro atoms. The van der Waals surface area contributed by atoms with E-state index in [-0.39, 0.29) is 5.69 Å². The third-order valence-corrected chi connectivity index (χ3v) is 4.21. The lowest BCUT2D eigenvalue weighted by Gasteiger charge is -2.11. The molecule has 27 heavy (non-hydrogen) atoms. The number of nitrogens with zero attached hydrogens (tertiary/aromatic N) is 4. The lowest BCUT2D eigenvalue weighted by Crippen LogP contribution is -2.09. The first-order valence-corrected chi connectivity index (χ1v) is 8.70. The van der Waals surface area contributed by atoms with Crippen LogP contribution in [0.2, 0.25) is 0 Å². The van der Waals surface area contributed by atoms with Gasteiger partial charge in [-0.1, -0.05) is 12.1 Å². The first-order valence-electron chi connectivity index (χ1n) is 8.70. The Morgan fingerprint density at radius 1 is 1.11 bits per heavy atom. The zero-order chi connectivity index (χ0) is 18.6. The van der Waals surface area contributed by atoms with Gasteiger partial charge >= 0.3 is 0 Å². The minimum atomic E-state index is -0.395. The van der Waals surface area contributed by atoms with Crippen LogP contribution < -0.4 is 10.6 Å². The number of benzene rings is 1. The van der Waals surface area contributed by atoms with Crippen LogP contribution in [0.1, 0.15) is 18.4 Å². The van der Waals surface area contributed by atoms with E-state index in [9.17, 15) is 10.1 Å². The summed E-state index contributed by atoms with van der Waals surface area (Å²) >= 11 is 0. The maximum atomic E-state index is 10.9. The molecule has 4 rings (SSSR count). The molecular formula is C19H18N6O2. The fourth-order valence-corrected chi connectivity index (χ4v) is 2.66. The van der Waals surface area contributed by atoms with Gasteiger partial charge in [0.2, 0.25) is 5.95 Å². The van der Waals surface area contributed by atoms with E-state index in [0.717, 1.165) is 29.7 Å². The van der Waals surface area contributed by atoms with Crippen molar-refractivity contribution in [3.63, 3.8) is 0 Å². The van der Waals surface area contributed by atoms with E-state index >= 15 is 0 Å². The Kier molecular flexibility index (Phi) is 4.61. The molecule has 0 radical (unpaired) electrons. The van der Waals surface area contributed by atoms with Crippen molar-refractivity contribution in [1.29, 1.82) is 0 Å². The second-order valence-corrected chi connectivity index (χ2v) is 6.40. The van der Waals surface area contributed by atoms with Crippen molar-refractivity contribution in [3.05, 3.63) is 70.5 Å². The highest BCUT2D eigenvalue weighted by Crippen LogP contribution is 2.26. The van der Waals surface area contributed by atoms with Crippen molar-refractivity contribution in [2.24, 2.45) is 0 Å². The minimum Gasteiger partial charge on any atom is -0.366 e. The average molecular weight is 362 g/mol. The molecule has 8 heteroatoms. The number of nitro benzene ring substituents is 1. The standard InChI is InChI=1S/C19H18N6O2/c26-25(27)16-3-1-2-13(10-16)12-21-18-11-17(14-6-8-20-9-7-14)23-19(24-18)22-15-4-5-15/h1-3,6-11,15H,4-5,12H2,(H2,21,22,23,24). The predicted molar refractivity (Wildman–Crippen MR) is 102 cm³/mol. The molecule has 0 unspecified atom stereocenters. The number of pyridine rings is 1. The summed E-state index contributed by atoms with van der Waals surface area (Å²) in [6, 6.07) is 12.6. The molecule has 0 aliphatic heterocycles. The number of rotatable bonds is 7. The maximum absolute atomic E-state index is 10.9. The SMILES string of the molecule is O=[N+]([O-])c1cccc(CNc2cc(-c3ccncc3)nc(NC3CC3)n2)c1. The van der Waals surface area contributed by atoms with Gasteiger partial charge in [-0.15, -0.1) is 0 Å². The van der Waals surface area contributed by atoms with E-state index < -0.39 is 4.92 Å². The first-order chi connectivity index (χ1) is 13.2. The molecule has 1 aliphatic rings. The Bertz CT molecular complexity index is 959. The average Bonchev–Trinajstić information content (AvgIpc) is 3.51. The van der Waals surface area contributed by atoms with Crippen molar-refractivity contribution in [2.75, 3.05) is 10.6 Å². The third-order valence-electron chi connectivity index (χ3n) is 4.21. The van der Waals surface area contributed by atoms with Gasteiger partial charge in [-0.2, -0.15) is 4.98 Å². The molecule has 0 amide bonds. The Hall–Kier alpha value is -3.55. The summed E-state index contributed by atoms with van der Waals surface area (Å²) in [6.07, 6.45) is 5.70. The number of nitro groups is 1. The van der Waals surface area contributed by atoms with Crippen LogP contribution in [0.3, 0.4) is 0 Å². The minimum absolute atomic E-state index is 0.0746. The highest BCUT2D eigenvalue weighted by atomic mass is 16.6. The van der Waals surface area contributed by atoms with Gasteiger partial charge in [-0.3, -0.25) is 15.1 Å². The molecule has 0 atom stereocenters. The molecule has 8 nitrogen and oxygen atoms in total. The fraction of sp³-hybridized carbons (Fsp3) is 0.211. The molecule has 2 heterocycles. The fourth-order valence-electron chi connectivity index (χ4n) is 2.66. The van der Waals surface area contributed by atoms with Gasteiger partial charge in [-0.25, -0.2) is 4.98 Å². The van der Waals surface area contributed by atoms with E-state index in [2.05, 4.69) is 25.6 Å². The molecular weight excluding hydrogens is 344 g/mol. The molecule has 1 aliphatic carbocycles. The van der Waals surface area contributed by atoms with Crippen LogP contribution in [0.25, 0.3) is 11.3 Å². The quantitative estimate of drug-likeness (QED) is 0.488. The summed E-state index contributed by atoms with van der Waals surface area (Å²) < 4.78 is 0. The highest BCUT2D eigenvalue weighted by Gasteiger charge is 2.22. The summed E-state index contributed by atoms with van der Waals surface area (Å²) in [7, 11) is 0. The third kappa shape index (κ3) is 4.35. The Labute approximate surface area is 155 Å². The lowest BCUT2D eigenvalue weighted by atomic mass is 10.2. The number of nitrogens with one attached hydrogen (secondary N) is 2. The first kappa shape index (κ1) is 16.9. The molecule has 2 N–H and O–H groups in total. The van der Waals surface area contributed by atoms with Crippen LogP contribution in [0.5, 0.6) is 0 Å². The van der Waals surface area contributed by atoms with Gasteiger partial charge in [0.05, 0.1) is 10.6 Å². The van der Waals surface area contributed by atoms with Crippen molar-refractivity contribution < 1.29 is 4.92 Å². The van der Waals surface area contributed by atoms with Crippen molar-refractivity contribution >= 4 is 17.5 Å². The molecule has 1 saturated carbocycles. The van der Waals surface area contributed by atoms with Crippen LogP contribution in [0.15, 0.2) is 54.9 Å². The van der Waals surface area contributed by atoms with Crippen molar-refractivity contribution in [3.8, 4) is 11.3 Å². The molecule has 0 bridgehead atoms.